The Bertz CT molecular complexity index is 509. The number of hydrogen-bond donors (Lipinski definition) is 0. The first-order valence-electron chi connectivity index (χ1n) is 6.32. The highest BCUT2D eigenvalue weighted by Crippen LogP contribution is 2.60. The van der Waals surface area contributed by atoms with Crippen LogP contribution in [0.3, 0.4) is 0 Å². The van der Waals surface area contributed by atoms with E-state index in [0.29, 0.717) is 0 Å². The van der Waals surface area contributed by atoms with E-state index in [9.17, 15) is 61.9 Å². The lowest BCUT2D eigenvalue weighted by molar-refractivity contribution is -0.440. The minimum atomic E-state index is -7.93. The second kappa shape index (κ2) is 6.94. The summed E-state index contributed by atoms with van der Waals surface area (Å²) >= 11 is 0. The van der Waals surface area contributed by atoms with Gasteiger partial charge < -0.3 is 4.74 Å². The third-order valence-electron chi connectivity index (χ3n) is 2.97. The normalized spacial score (nSPS) is 15.2. The van der Waals surface area contributed by atoms with Gasteiger partial charge in [-0.1, -0.05) is 6.92 Å². The van der Waals surface area contributed by atoms with Crippen LogP contribution >= 0.6 is 0 Å². The lowest BCUT2D eigenvalue weighted by Gasteiger charge is -2.39. The highest BCUT2D eigenvalue weighted by atomic mass is 19.4. The number of ether oxygens (including phenoxy) is 1. The first-order valence-corrected chi connectivity index (χ1v) is 6.32. The Morgan fingerprint density at radius 2 is 1.08 bits per heavy atom. The molecule has 0 aliphatic rings. The molecule has 0 aromatic carbocycles. The summed E-state index contributed by atoms with van der Waals surface area (Å²) in [5.74, 6) is -38.4. The second-order valence-electron chi connectivity index (χ2n) is 4.82. The monoisotopic (exact) mass is 420 g/mol. The molecule has 156 valence electrons. The Balaban J connectivity index is 5.81. The molecule has 15 heteroatoms. The maximum Gasteiger partial charge on any atom is 0.460 e. The number of halogens is 13. The van der Waals surface area contributed by atoms with Gasteiger partial charge in [-0.25, -0.2) is 0 Å². The summed E-state index contributed by atoms with van der Waals surface area (Å²) in [5, 5.41) is 0. The fourth-order valence-corrected chi connectivity index (χ4v) is 1.35. The smallest absolute Gasteiger partial charge is 0.460 e. The molecular formula is C11H9F13O2. The standard InChI is InChI=1S/C11H9F13O2/c1-2-5(25)26-4-3-6(12,13)7(14,15)8(16,17)9(18,19)10(20,21)11(22,23)24/h2-4H2,1H3. The first-order chi connectivity index (χ1) is 11.2. The third kappa shape index (κ3) is 3.80. The predicted molar refractivity (Wildman–Crippen MR) is 56.7 cm³/mol. The average Bonchev–Trinajstić information content (AvgIpc) is 2.44. The fraction of sp³-hybridized carbons (Fsp3) is 0.909. The Labute approximate surface area is 136 Å². The topological polar surface area (TPSA) is 26.3 Å². The molecule has 0 aliphatic carbocycles. The molecule has 0 spiro atoms. The van der Waals surface area contributed by atoms with Gasteiger partial charge >= 0.3 is 41.8 Å². The molecule has 0 rings (SSSR count). The van der Waals surface area contributed by atoms with Crippen molar-refractivity contribution in [1.29, 1.82) is 0 Å². The summed E-state index contributed by atoms with van der Waals surface area (Å²) in [6, 6.07) is 0. The fourth-order valence-electron chi connectivity index (χ4n) is 1.35. The van der Waals surface area contributed by atoms with E-state index >= 15 is 0 Å². The van der Waals surface area contributed by atoms with E-state index in [-0.39, 0.29) is 0 Å². The molecule has 2 nitrogen and oxygen atoms in total. The number of carbonyl (C=O) groups is 1. The maximum absolute atomic E-state index is 13.2. The summed E-state index contributed by atoms with van der Waals surface area (Å²) in [5.41, 5.74) is 0. The Hall–Kier alpha value is -1.44. The zero-order valence-corrected chi connectivity index (χ0v) is 12.4. The van der Waals surface area contributed by atoms with Crippen molar-refractivity contribution in [2.24, 2.45) is 0 Å². The van der Waals surface area contributed by atoms with Crippen LogP contribution in [0.25, 0.3) is 0 Å². The van der Waals surface area contributed by atoms with Crippen LogP contribution in [0.4, 0.5) is 57.1 Å². The summed E-state index contributed by atoms with van der Waals surface area (Å²) in [6.07, 6.45) is -10.5. The summed E-state index contributed by atoms with van der Waals surface area (Å²) < 4.78 is 169. The Morgan fingerprint density at radius 3 is 1.42 bits per heavy atom. The number of hydrogen-bond acceptors (Lipinski definition) is 2. The predicted octanol–water partition coefficient (Wildman–Crippen LogP) is 5.07. The molecule has 0 unspecified atom stereocenters. The van der Waals surface area contributed by atoms with Crippen LogP contribution < -0.4 is 0 Å². The Morgan fingerprint density at radius 1 is 0.692 bits per heavy atom. The quantitative estimate of drug-likeness (QED) is 0.405. The van der Waals surface area contributed by atoms with Gasteiger partial charge in [-0.2, -0.15) is 57.1 Å². The number of carbonyl (C=O) groups excluding carboxylic acids is 1. The summed E-state index contributed by atoms with van der Waals surface area (Å²) in [4.78, 5) is 10.6. The van der Waals surface area contributed by atoms with Gasteiger partial charge in [0.15, 0.2) is 0 Å². The van der Waals surface area contributed by atoms with Crippen LogP contribution in [0.5, 0.6) is 0 Å². The zero-order valence-electron chi connectivity index (χ0n) is 12.4. The van der Waals surface area contributed by atoms with E-state index in [1.54, 1.807) is 0 Å². The number of alkyl halides is 13. The van der Waals surface area contributed by atoms with Crippen molar-refractivity contribution in [2.45, 2.75) is 55.6 Å². The summed E-state index contributed by atoms with van der Waals surface area (Å²) in [7, 11) is 0. The van der Waals surface area contributed by atoms with Gasteiger partial charge in [0.1, 0.15) is 0 Å². The SMILES string of the molecule is CCC(=O)OCCC(F)(F)C(F)(F)C(F)(F)C(F)(F)C(F)(F)C(F)(F)F. The van der Waals surface area contributed by atoms with Crippen molar-refractivity contribution in [3.63, 3.8) is 0 Å². The zero-order chi connectivity index (χ0) is 21.4. The van der Waals surface area contributed by atoms with Crippen LogP contribution in [0.1, 0.15) is 19.8 Å². The van der Waals surface area contributed by atoms with Crippen LogP contribution in [0.2, 0.25) is 0 Å². The molecule has 0 aliphatic heterocycles. The van der Waals surface area contributed by atoms with Crippen LogP contribution in [-0.2, 0) is 9.53 Å². The lowest BCUT2D eigenvalue weighted by atomic mass is 9.93. The van der Waals surface area contributed by atoms with E-state index < -0.39 is 61.2 Å². The summed E-state index contributed by atoms with van der Waals surface area (Å²) in [6.45, 7) is -0.615. The lowest BCUT2D eigenvalue weighted by Crippen LogP contribution is -2.70. The van der Waals surface area contributed by atoms with E-state index in [1.165, 1.54) is 0 Å². The van der Waals surface area contributed by atoms with Gasteiger partial charge in [0.05, 0.1) is 13.0 Å². The minimum absolute atomic E-state index is 0.478. The second-order valence-corrected chi connectivity index (χ2v) is 4.82. The van der Waals surface area contributed by atoms with Crippen LogP contribution in [0.15, 0.2) is 0 Å². The molecule has 0 radical (unpaired) electrons. The van der Waals surface area contributed by atoms with E-state index in [4.69, 9.17) is 0 Å². The largest absolute Gasteiger partial charge is 0.465 e. The first kappa shape index (κ1) is 24.6. The van der Waals surface area contributed by atoms with E-state index in [0.717, 1.165) is 6.92 Å². The van der Waals surface area contributed by atoms with Crippen molar-refractivity contribution >= 4 is 5.97 Å². The molecular weight excluding hydrogens is 411 g/mol. The van der Waals surface area contributed by atoms with Crippen molar-refractivity contribution in [3.8, 4) is 0 Å². The molecule has 0 aromatic rings. The molecule has 0 saturated carbocycles. The van der Waals surface area contributed by atoms with Gasteiger partial charge in [-0.15, -0.1) is 0 Å². The Kier molecular flexibility index (Phi) is 6.56. The van der Waals surface area contributed by atoms with Gasteiger partial charge in [0.2, 0.25) is 0 Å². The van der Waals surface area contributed by atoms with Crippen LogP contribution in [-0.4, -0.2) is 48.4 Å². The minimum Gasteiger partial charge on any atom is -0.465 e. The van der Waals surface area contributed by atoms with Crippen molar-refractivity contribution in [3.05, 3.63) is 0 Å². The van der Waals surface area contributed by atoms with Crippen molar-refractivity contribution in [2.75, 3.05) is 6.61 Å². The highest BCUT2D eigenvalue weighted by Gasteiger charge is 2.90. The third-order valence-corrected chi connectivity index (χ3v) is 2.97. The molecule has 0 N–H and O–H groups in total. The van der Waals surface area contributed by atoms with Gasteiger partial charge in [0, 0.05) is 6.42 Å². The van der Waals surface area contributed by atoms with Gasteiger partial charge in [0.25, 0.3) is 0 Å². The number of rotatable bonds is 8. The van der Waals surface area contributed by atoms with Gasteiger partial charge in [-0.3, -0.25) is 4.79 Å². The molecule has 0 aromatic heterocycles. The molecule has 0 saturated heterocycles. The van der Waals surface area contributed by atoms with E-state index in [2.05, 4.69) is 4.74 Å². The molecule has 0 amide bonds. The van der Waals surface area contributed by atoms with E-state index in [1.807, 2.05) is 0 Å². The van der Waals surface area contributed by atoms with Crippen LogP contribution in [0, 0.1) is 0 Å². The molecule has 0 fully saturated rings. The molecule has 0 heterocycles. The number of esters is 1. The molecule has 0 atom stereocenters. The van der Waals surface area contributed by atoms with Crippen molar-refractivity contribution in [1.82, 2.24) is 0 Å². The molecule has 0 bridgehead atoms. The maximum atomic E-state index is 13.2. The average molecular weight is 420 g/mol. The molecule has 26 heavy (non-hydrogen) atoms. The van der Waals surface area contributed by atoms with Crippen molar-refractivity contribution < 1.29 is 66.6 Å². The highest BCUT2D eigenvalue weighted by molar-refractivity contribution is 5.68. The van der Waals surface area contributed by atoms with Gasteiger partial charge in [-0.05, 0) is 0 Å².